The summed E-state index contributed by atoms with van der Waals surface area (Å²) in [5.74, 6) is -0.563. The average molecular weight is 257 g/mol. The number of nitrogens with one attached hydrogen (secondary N) is 1. The van der Waals surface area contributed by atoms with E-state index in [9.17, 15) is 9.59 Å². The number of hydrogen-bond acceptors (Lipinski definition) is 3. The van der Waals surface area contributed by atoms with Crippen LogP contribution in [0.2, 0.25) is 0 Å². The molecule has 1 atom stereocenters. The summed E-state index contributed by atoms with van der Waals surface area (Å²) >= 11 is 0. The molecule has 0 aliphatic rings. The summed E-state index contributed by atoms with van der Waals surface area (Å²) in [4.78, 5) is 22.2. The highest BCUT2D eigenvalue weighted by Gasteiger charge is 2.14. The Labute approximate surface area is 110 Å². The molecule has 0 saturated carbocycles. The van der Waals surface area contributed by atoms with Gasteiger partial charge >= 0.3 is 5.97 Å². The lowest BCUT2D eigenvalue weighted by molar-refractivity contribution is -0.147. The van der Waals surface area contributed by atoms with Gasteiger partial charge in [0, 0.05) is 6.92 Å². The van der Waals surface area contributed by atoms with Gasteiger partial charge in [-0.2, -0.15) is 0 Å². The molecule has 0 aliphatic heterocycles. The van der Waals surface area contributed by atoms with E-state index >= 15 is 0 Å². The second-order valence-electron chi connectivity index (χ2n) is 4.71. The Balaban J connectivity index is 3.37. The third-order valence-electron chi connectivity index (χ3n) is 2.77. The van der Waals surface area contributed by atoms with Gasteiger partial charge in [0.05, 0.1) is 6.61 Å². The van der Waals surface area contributed by atoms with Crippen molar-refractivity contribution in [2.45, 2.75) is 71.8 Å². The van der Waals surface area contributed by atoms with Crippen LogP contribution in [-0.2, 0) is 14.3 Å². The minimum absolute atomic E-state index is 0.213. The molecule has 0 unspecified atom stereocenters. The molecule has 4 nitrogen and oxygen atoms in total. The van der Waals surface area contributed by atoms with E-state index in [1.165, 1.54) is 39.0 Å². The average Bonchev–Trinajstić information content (AvgIpc) is 2.31. The first-order chi connectivity index (χ1) is 8.57. The zero-order chi connectivity index (χ0) is 13.8. The van der Waals surface area contributed by atoms with Gasteiger partial charge in [-0.1, -0.05) is 45.4 Å². The standard InChI is InChI=1S/C14H27NO3/c1-4-5-6-7-8-9-10-11-18-14(17)12(2)15-13(3)16/h12H,4-11H2,1-3H3,(H,15,16)/t12-/m0/s1. The largest absolute Gasteiger partial charge is 0.464 e. The minimum Gasteiger partial charge on any atom is -0.464 e. The Kier molecular flexibility index (Phi) is 10.4. The fourth-order valence-corrected chi connectivity index (χ4v) is 1.72. The number of hydrogen-bond donors (Lipinski definition) is 1. The Bertz CT molecular complexity index is 241. The van der Waals surface area contributed by atoms with Crippen LogP contribution in [-0.4, -0.2) is 24.5 Å². The quantitative estimate of drug-likeness (QED) is 0.483. The molecule has 0 saturated heterocycles. The van der Waals surface area contributed by atoms with E-state index in [0.29, 0.717) is 6.61 Å². The van der Waals surface area contributed by atoms with E-state index in [0.717, 1.165) is 12.8 Å². The van der Waals surface area contributed by atoms with Gasteiger partial charge in [0.1, 0.15) is 6.04 Å². The zero-order valence-corrected chi connectivity index (χ0v) is 12.0. The van der Waals surface area contributed by atoms with Gasteiger partial charge in [-0.05, 0) is 13.3 Å². The van der Waals surface area contributed by atoms with Crippen molar-refractivity contribution in [3.05, 3.63) is 0 Å². The summed E-state index contributed by atoms with van der Waals surface area (Å²) in [6.07, 6.45) is 8.36. The number of rotatable bonds is 10. The molecule has 1 N–H and O–H groups in total. The molecule has 0 radical (unpaired) electrons. The third kappa shape index (κ3) is 10.1. The minimum atomic E-state index is -0.549. The molecule has 106 valence electrons. The highest BCUT2D eigenvalue weighted by Crippen LogP contribution is 2.06. The Morgan fingerprint density at radius 1 is 1.06 bits per heavy atom. The summed E-state index contributed by atoms with van der Waals surface area (Å²) < 4.78 is 5.08. The summed E-state index contributed by atoms with van der Waals surface area (Å²) in [6, 6.07) is -0.549. The molecule has 0 aromatic heterocycles. The molecule has 18 heavy (non-hydrogen) atoms. The lowest BCUT2D eigenvalue weighted by atomic mass is 10.1. The van der Waals surface area contributed by atoms with Gasteiger partial charge in [0.25, 0.3) is 0 Å². The molecule has 0 heterocycles. The van der Waals surface area contributed by atoms with Crippen LogP contribution in [0.5, 0.6) is 0 Å². The number of carbonyl (C=O) groups excluding carboxylic acids is 2. The zero-order valence-electron chi connectivity index (χ0n) is 12.0. The van der Waals surface area contributed by atoms with Crippen molar-refractivity contribution in [2.75, 3.05) is 6.61 Å². The maximum atomic E-state index is 11.4. The summed E-state index contributed by atoms with van der Waals surface area (Å²) in [6.45, 7) is 5.68. The van der Waals surface area contributed by atoms with Gasteiger partial charge < -0.3 is 10.1 Å². The predicted octanol–water partition coefficient (Wildman–Crippen LogP) is 2.80. The van der Waals surface area contributed by atoms with Crippen LogP contribution in [0.15, 0.2) is 0 Å². The van der Waals surface area contributed by atoms with E-state index in [2.05, 4.69) is 12.2 Å². The number of ether oxygens (including phenoxy) is 1. The number of carbonyl (C=O) groups is 2. The smallest absolute Gasteiger partial charge is 0.328 e. The fourth-order valence-electron chi connectivity index (χ4n) is 1.72. The molecule has 0 bridgehead atoms. The maximum Gasteiger partial charge on any atom is 0.328 e. The first-order valence-electron chi connectivity index (χ1n) is 7.01. The van der Waals surface area contributed by atoms with Crippen LogP contribution in [0.25, 0.3) is 0 Å². The van der Waals surface area contributed by atoms with Crippen molar-refractivity contribution < 1.29 is 14.3 Å². The van der Waals surface area contributed by atoms with Gasteiger partial charge in [-0.15, -0.1) is 0 Å². The van der Waals surface area contributed by atoms with Crippen LogP contribution >= 0.6 is 0 Å². The fraction of sp³-hybridized carbons (Fsp3) is 0.857. The second-order valence-corrected chi connectivity index (χ2v) is 4.71. The first kappa shape index (κ1) is 16.9. The van der Waals surface area contributed by atoms with Crippen LogP contribution in [0.1, 0.15) is 65.7 Å². The van der Waals surface area contributed by atoms with Crippen molar-refractivity contribution >= 4 is 11.9 Å². The number of unbranched alkanes of at least 4 members (excludes halogenated alkanes) is 6. The van der Waals surface area contributed by atoms with Crippen molar-refractivity contribution in [1.29, 1.82) is 0 Å². The van der Waals surface area contributed by atoms with Crippen LogP contribution in [0, 0.1) is 0 Å². The van der Waals surface area contributed by atoms with Gasteiger partial charge in [0.2, 0.25) is 5.91 Å². The van der Waals surface area contributed by atoms with Gasteiger partial charge in [-0.3, -0.25) is 4.79 Å². The van der Waals surface area contributed by atoms with Crippen LogP contribution in [0.4, 0.5) is 0 Å². The molecular weight excluding hydrogens is 230 g/mol. The molecule has 0 rings (SSSR count). The summed E-state index contributed by atoms with van der Waals surface area (Å²) in [7, 11) is 0. The normalized spacial score (nSPS) is 11.9. The van der Waals surface area contributed by atoms with Crippen molar-refractivity contribution in [3.63, 3.8) is 0 Å². The van der Waals surface area contributed by atoms with Crippen molar-refractivity contribution in [2.24, 2.45) is 0 Å². The van der Waals surface area contributed by atoms with E-state index in [4.69, 9.17) is 4.74 Å². The molecule has 0 aromatic carbocycles. The van der Waals surface area contributed by atoms with Crippen molar-refractivity contribution in [3.8, 4) is 0 Å². The van der Waals surface area contributed by atoms with Crippen LogP contribution in [0.3, 0.4) is 0 Å². The predicted molar refractivity (Wildman–Crippen MR) is 72.2 cm³/mol. The van der Waals surface area contributed by atoms with Gasteiger partial charge in [-0.25, -0.2) is 4.79 Å². The van der Waals surface area contributed by atoms with Crippen LogP contribution < -0.4 is 5.32 Å². The van der Waals surface area contributed by atoms with Crippen molar-refractivity contribution in [1.82, 2.24) is 5.32 Å². The summed E-state index contributed by atoms with van der Waals surface area (Å²) in [5.41, 5.74) is 0. The first-order valence-corrected chi connectivity index (χ1v) is 7.01. The van der Waals surface area contributed by atoms with E-state index < -0.39 is 6.04 Å². The van der Waals surface area contributed by atoms with E-state index in [-0.39, 0.29) is 11.9 Å². The van der Waals surface area contributed by atoms with Gasteiger partial charge in [0.15, 0.2) is 0 Å². The topological polar surface area (TPSA) is 55.4 Å². The number of amides is 1. The Morgan fingerprint density at radius 3 is 2.17 bits per heavy atom. The lowest BCUT2D eigenvalue weighted by Gasteiger charge is -2.11. The highest BCUT2D eigenvalue weighted by molar-refractivity contribution is 5.82. The number of esters is 1. The molecule has 0 fully saturated rings. The maximum absolute atomic E-state index is 11.4. The summed E-state index contributed by atoms with van der Waals surface area (Å²) in [5, 5.41) is 2.50. The molecule has 4 heteroatoms. The lowest BCUT2D eigenvalue weighted by Crippen LogP contribution is -2.38. The SMILES string of the molecule is CCCCCCCCCOC(=O)[C@H](C)NC(C)=O. The molecule has 0 spiro atoms. The van der Waals surface area contributed by atoms with E-state index in [1.54, 1.807) is 6.92 Å². The Morgan fingerprint density at radius 2 is 1.61 bits per heavy atom. The van der Waals surface area contributed by atoms with E-state index in [1.807, 2.05) is 0 Å². The monoisotopic (exact) mass is 257 g/mol. The molecular formula is C14H27NO3. The molecule has 0 aliphatic carbocycles. The Hall–Kier alpha value is -1.06. The molecule has 1 amide bonds. The third-order valence-corrected chi connectivity index (χ3v) is 2.77. The second kappa shape index (κ2) is 11.1. The highest BCUT2D eigenvalue weighted by atomic mass is 16.5. The molecule has 0 aromatic rings.